The van der Waals surface area contributed by atoms with Crippen molar-refractivity contribution in [3.8, 4) is 0 Å². The van der Waals surface area contributed by atoms with Gasteiger partial charge in [0.25, 0.3) is 0 Å². The predicted molar refractivity (Wildman–Crippen MR) is 26.5 cm³/mol. The van der Waals surface area contributed by atoms with Crippen molar-refractivity contribution in [2.24, 2.45) is 0 Å². The molecule has 0 aromatic heterocycles. The summed E-state index contributed by atoms with van der Waals surface area (Å²) in [6.45, 7) is 0. The first-order chi connectivity index (χ1) is 1.00. The van der Waals surface area contributed by atoms with E-state index in [-0.39, 0.29) is 73.9 Å². The fourth-order valence-electron chi connectivity index (χ4n) is 0. The van der Waals surface area contributed by atoms with Crippen LogP contribution in [0.15, 0.2) is 0 Å². The molecule has 3 radical (unpaired) electrons. The molecule has 0 aliphatic carbocycles. The average Bonchev–Trinajstić information content (AvgIpc) is 1.00. The van der Waals surface area contributed by atoms with Crippen LogP contribution in [0.2, 0.25) is 0 Å². The van der Waals surface area contributed by atoms with Crippen molar-refractivity contribution in [3.05, 3.63) is 0 Å². The van der Waals surface area contributed by atoms with E-state index in [0.717, 1.165) is 0 Å². The van der Waals surface area contributed by atoms with Crippen molar-refractivity contribution in [2.45, 2.75) is 0 Å². The van der Waals surface area contributed by atoms with Gasteiger partial charge in [0.1, 0.15) is 0 Å². The second-order valence-corrected chi connectivity index (χ2v) is 0. The predicted octanol–water partition coefficient (Wildman–Crippen LogP) is -0.163. The molecule has 0 heterocycles. The Morgan fingerprint density at radius 3 is 1.17 bits per heavy atom. The van der Waals surface area contributed by atoms with E-state index >= 15 is 0 Å². The molecular formula is H4Cu2S2SnZn. The minimum absolute atomic E-state index is 0. The minimum atomic E-state index is 0. The van der Waals surface area contributed by atoms with Gasteiger partial charge < -0.3 is 0 Å². The molecule has 0 saturated heterocycles. The zero-order valence-electron chi connectivity index (χ0n) is 2.93. The summed E-state index contributed by atoms with van der Waals surface area (Å²) in [5.41, 5.74) is 0. The van der Waals surface area contributed by atoms with Gasteiger partial charge in [-0.25, -0.2) is 0 Å². The summed E-state index contributed by atoms with van der Waals surface area (Å²) in [7, 11) is 3.65. The standard InChI is InChI=1S/2Cu.H2S.S.Sn.Zn.2H/h;;1H2;;;;;. The topological polar surface area (TPSA) is 0 Å². The van der Waals surface area contributed by atoms with Crippen LogP contribution in [-0.4, -0.2) is 23.9 Å². The van der Waals surface area contributed by atoms with Crippen molar-refractivity contribution in [1.82, 2.24) is 0 Å². The van der Waals surface area contributed by atoms with E-state index < -0.39 is 0 Å². The third-order valence-electron chi connectivity index (χ3n) is 0. The zero-order valence-corrected chi connectivity index (χ0v) is 13.6. The average molecular weight is 379 g/mol. The second-order valence-electron chi connectivity index (χ2n) is 0. The van der Waals surface area contributed by atoms with Crippen molar-refractivity contribution < 1.29 is 50.9 Å². The molecule has 0 aromatic rings. The van der Waals surface area contributed by atoms with Crippen LogP contribution in [0.4, 0.5) is 0 Å². The third kappa shape index (κ3) is 27.8. The van der Waals surface area contributed by atoms with Crippen LogP contribution in [-0.2, 0) is 50.9 Å². The van der Waals surface area contributed by atoms with Gasteiger partial charge in [0.15, 0.2) is 0 Å². The Morgan fingerprint density at radius 1 is 1.17 bits per heavy atom. The van der Waals surface area contributed by atoms with Gasteiger partial charge >= 0.3 is 48.8 Å². The molecule has 0 aliphatic rings. The van der Waals surface area contributed by atoms with Gasteiger partial charge in [-0.1, -0.05) is 0 Å². The van der Waals surface area contributed by atoms with Crippen LogP contribution in [0.1, 0.15) is 0 Å². The molecular weight excluding hydrogens is 375 g/mol. The molecule has 0 amide bonds. The molecule has 44 valence electrons. The monoisotopic (exact) mass is 378 g/mol. The maximum absolute atomic E-state index is 3.77. The molecule has 0 rings (SSSR count). The quantitative estimate of drug-likeness (QED) is 0.527. The van der Waals surface area contributed by atoms with Gasteiger partial charge in [0.2, 0.25) is 0 Å². The zero-order chi connectivity index (χ0) is 2.00. The summed E-state index contributed by atoms with van der Waals surface area (Å²) in [5.74, 6) is 0. The molecule has 0 fully saturated rings. The Balaban J connectivity index is -0.000000000833. The smallest absolute Gasteiger partial charge is 0 e. The summed E-state index contributed by atoms with van der Waals surface area (Å²) in [6.07, 6.45) is 0. The van der Waals surface area contributed by atoms with Gasteiger partial charge in [-0.15, -0.1) is 0 Å². The van der Waals surface area contributed by atoms with Crippen molar-refractivity contribution in [3.63, 3.8) is 0 Å². The van der Waals surface area contributed by atoms with Gasteiger partial charge in [-0.3, -0.25) is 0 Å². The first kappa shape index (κ1) is 35.8. The number of hydrogen-bond donors (Lipinski definition) is 0. The summed E-state index contributed by atoms with van der Waals surface area (Å²) in [5, 5.41) is 0. The van der Waals surface area contributed by atoms with Crippen molar-refractivity contribution in [1.29, 1.82) is 0 Å². The molecule has 0 aliphatic heterocycles. The minimum Gasteiger partial charge on any atom is 0 e. The van der Waals surface area contributed by atoms with E-state index in [1.807, 2.05) is 0 Å². The Hall–Kier alpha value is 3.03. The van der Waals surface area contributed by atoms with E-state index in [1.165, 1.54) is 0 Å². The Kier molecular flexibility index (Phi) is 258. The molecule has 0 saturated carbocycles. The molecule has 0 atom stereocenters. The van der Waals surface area contributed by atoms with Gasteiger partial charge in [0, 0.05) is 36.5 Å². The second kappa shape index (κ2) is 43.2. The molecule has 0 aromatic carbocycles. The largest absolute Gasteiger partial charge is 0 e. The number of hydrogen-bond acceptors (Lipinski definition) is 1. The Bertz CT molecular complexity index is 11.5. The molecule has 0 N–H and O–H groups in total. The molecule has 6 heavy (non-hydrogen) atoms. The van der Waals surface area contributed by atoms with Crippen molar-refractivity contribution >= 4 is 48.0 Å². The van der Waals surface area contributed by atoms with Crippen LogP contribution in [0.5, 0.6) is 0 Å². The van der Waals surface area contributed by atoms with Gasteiger partial charge in [0.05, 0.1) is 0 Å². The normalized spacial score (nSPS) is 1.00. The van der Waals surface area contributed by atoms with Gasteiger partial charge in [-0.05, 0) is 0 Å². The fraction of sp³-hybridized carbons (Fsp3) is 0. The Labute approximate surface area is 97.3 Å². The van der Waals surface area contributed by atoms with Crippen LogP contribution in [0.25, 0.3) is 0 Å². The fourth-order valence-corrected chi connectivity index (χ4v) is 0. The molecule has 0 unspecified atom stereocenters. The van der Waals surface area contributed by atoms with E-state index in [4.69, 9.17) is 0 Å². The van der Waals surface area contributed by atoms with Crippen molar-refractivity contribution in [2.75, 3.05) is 0 Å². The molecule has 0 bridgehead atoms. The molecule has 0 spiro atoms. The van der Waals surface area contributed by atoms with E-state index in [0.29, 0.717) is 0 Å². The van der Waals surface area contributed by atoms with Crippen LogP contribution < -0.4 is 0 Å². The SMILES string of the molecule is S.[Cu].[S]=[Cu].[SnH2].[Zn]. The maximum Gasteiger partial charge on any atom is 0 e. The van der Waals surface area contributed by atoms with Crippen LogP contribution in [0, 0.1) is 0 Å². The first-order valence-electron chi connectivity index (χ1n) is 0.123. The maximum atomic E-state index is 3.77. The number of rotatable bonds is 0. The van der Waals surface area contributed by atoms with Gasteiger partial charge in [-0.2, -0.15) is 13.5 Å². The third-order valence-corrected chi connectivity index (χ3v) is 0. The summed E-state index contributed by atoms with van der Waals surface area (Å²) >= 11 is 3.77. The van der Waals surface area contributed by atoms with E-state index in [2.05, 4.69) is 24.9 Å². The Morgan fingerprint density at radius 2 is 1.17 bits per heavy atom. The first-order valence-corrected chi connectivity index (χ1v) is 1.52. The van der Waals surface area contributed by atoms with E-state index in [1.54, 1.807) is 0 Å². The summed E-state index contributed by atoms with van der Waals surface area (Å²) in [4.78, 5) is 0. The summed E-state index contributed by atoms with van der Waals surface area (Å²) < 4.78 is 0. The van der Waals surface area contributed by atoms with Crippen LogP contribution >= 0.6 is 24.0 Å². The van der Waals surface area contributed by atoms with Crippen LogP contribution in [0.3, 0.4) is 0 Å². The summed E-state index contributed by atoms with van der Waals surface area (Å²) in [6, 6.07) is 0. The molecule has 6 heteroatoms. The van der Waals surface area contributed by atoms with E-state index in [9.17, 15) is 0 Å². The molecule has 0 nitrogen and oxygen atoms in total.